The lowest BCUT2D eigenvalue weighted by Gasteiger charge is -2.29. The largest absolute Gasteiger partial charge is 0.396 e. The first-order valence-corrected chi connectivity index (χ1v) is 10.8. The second-order valence-corrected chi connectivity index (χ2v) is 11.8. The van der Waals surface area contributed by atoms with Crippen molar-refractivity contribution in [3.05, 3.63) is 29.8 Å². The van der Waals surface area contributed by atoms with Gasteiger partial charge in [0, 0.05) is 18.7 Å². The Morgan fingerprint density at radius 3 is 2.16 bits per heavy atom. The molecule has 0 heterocycles. The van der Waals surface area contributed by atoms with Gasteiger partial charge in [-0.2, -0.15) is 0 Å². The second kappa shape index (κ2) is 6.68. The Hall–Kier alpha value is -0.643. The van der Waals surface area contributed by atoms with E-state index in [9.17, 15) is 0 Å². The van der Waals surface area contributed by atoms with Crippen LogP contribution in [0.5, 0.6) is 0 Å². The van der Waals surface area contributed by atoms with Crippen LogP contribution in [0, 0.1) is 0 Å². The Labute approximate surface area is 119 Å². The molecule has 0 bridgehead atoms. The smallest absolute Gasteiger partial charge is 0.0775 e. The average Bonchev–Trinajstić information content (AvgIpc) is 2.36. The first-order chi connectivity index (χ1) is 8.80. The molecule has 1 atom stereocenters. The maximum Gasteiger partial charge on any atom is 0.0775 e. The third-order valence-corrected chi connectivity index (χ3v) is 6.05. The first kappa shape index (κ1) is 16.4. The molecule has 1 rings (SSSR count). The van der Waals surface area contributed by atoms with Gasteiger partial charge >= 0.3 is 0 Å². The van der Waals surface area contributed by atoms with Crippen molar-refractivity contribution in [1.82, 2.24) is 5.32 Å². The molecule has 2 nitrogen and oxygen atoms in total. The van der Waals surface area contributed by atoms with Crippen LogP contribution in [0.2, 0.25) is 19.6 Å². The summed E-state index contributed by atoms with van der Waals surface area (Å²) in [5.41, 5.74) is 1.35. The Morgan fingerprint density at radius 1 is 1.16 bits per heavy atom. The lowest BCUT2D eigenvalue weighted by atomic mass is 9.94. The minimum atomic E-state index is -1.19. The van der Waals surface area contributed by atoms with Crippen molar-refractivity contribution in [3.63, 3.8) is 0 Å². The summed E-state index contributed by atoms with van der Waals surface area (Å²) >= 11 is 0. The lowest BCUT2D eigenvalue weighted by molar-refractivity contribution is 0.214. The number of hydrogen-bond donors (Lipinski definition) is 2. The van der Waals surface area contributed by atoms with E-state index in [0.717, 1.165) is 19.4 Å². The molecule has 0 aliphatic carbocycles. The Morgan fingerprint density at radius 2 is 1.74 bits per heavy atom. The summed E-state index contributed by atoms with van der Waals surface area (Å²) in [5.74, 6) is 0. The Kier molecular flexibility index (Phi) is 5.77. The van der Waals surface area contributed by atoms with Crippen molar-refractivity contribution in [3.8, 4) is 0 Å². The molecule has 0 saturated heterocycles. The highest BCUT2D eigenvalue weighted by Crippen LogP contribution is 2.15. The van der Waals surface area contributed by atoms with Crippen LogP contribution in [0.25, 0.3) is 0 Å². The minimum Gasteiger partial charge on any atom is -0.396 e. The minimum absolute atomic E-state index is 0.0339. The van der Waals surface area contributed by atoms with Crippen LogP contribution >= 0.6 is 0 Å². The number of benzene rings is 1. The molecule has 1 unspecified atom stereocenters. The maximum atomic E-state index is 9.12. The first-order valence-electron chi connectivity index (χ1n) is 7.26. The van der Waals surface area contributed by atoms with Gasteiger partial charge in [-0.15, -0.1) is 0 Å². The summed E-state index contributed by atoms with van der Waals surface area (Å²) in [6.45, 7) is 12.6. The van der Waals surface area contributed by atoms with Crippen LogP contribution in [0.3, 0.4) is 0 Å². The summed E-state index contributed by atoms with van der Waals surface area (Å²) in [7, 11) is -1.19. The summed E-state index contributed by atoms with van der Waals surface area (Å²) in [4.78, 5) is 0. The van der Waals surface area contributed by atoms with E-state index in [2.05, 4.69) is 63.1 Å². The van der Waals surface area contributed by atoms with E-state index in [0.29, 0.717) is 0 Å². The zero-order valence-electron chi connectivity index (χ0n) is 13.1. The van der Waals surface area contributed by atoms with E-state index in [1.807, 2.05) is 0 Å². The zero-order valence-corrected chi connectivity index (χ0v) is 14.1. The van der Waals surface area contributed by atoms with Gasteiger partial charge in [-0.3, -0.25) is 0 Å². The quantitative estimate of drug-likeness (QED) is 0.752. The van der Waals surface area contributed by atoms with E-state index in [-0.39, 0.29) is 12.1 Å². The molecule has 0 aromatic heterocycles. The summed E-state index contributed by atoms with van der Waals surface area (Å²) < 4.78 is 0. The van der Waals surface area contributed by atoms with Crippen LogP contribution in [0.1, 0.15) is 32.3 Å². The predicted molar refractivity (Wildman–Crippen MR) is 86.7 cm³/mol. The zero-order chi connectivity index (χ0) is 14.5. The maximum absolute atomic E-state index is 9.12. The SMILES string of the molecule is CCC(C)(CCO)NCc1ccc([Si](C)(C)C)cc1. The van der Waals surface area contributed by atoms with Crippen molar-refractivity contribution in [2.75, 3.05) is 6.61 Å². The number of aliphatic hydroxyl groups is 1. The van der Waals surface area contributed by atoms with Gasteiger partial charge in [0.1, 0.15) is 0 Å². The van der Waals surface area contributed by atoms with Crippen molar-refractivity contribution in [1.29, 1.82) is 0 Å². The second-order valence-electron chi connectivity index (χ2n) is 6.69. The van der Waals surface area contributed by atoms with Gasteiger partial charge < -0.3 is 10.4 Å². The fourth-order valence-corrected chi connectivity index (χ4v) is 3.24. The summed E-state index contributed by atoms with van der Waals surface area (Å²) in [5, 5.41) is 14.2. The highest BCUT2D eigenvalue weighted by Gasteiger charge is 2.20. The third kappa shape index (κ3) is 5.09. The van der Waals surface area contributed by atoms with Gasteiger partial charge in [0.05, 0.1) is 8.07 Å². The fraction of sp³-hybridized carbons (Fsp3) is 0.625. The summed E-state index contributed by atoms with van der Waals surface area (Å²) in [6.07, 6.45) is 1.83. The Bertz CT molecular complexity index is 383. The molecule has 0 spiro atoms. The van der Waals surface area contributed by atoms with Crippen molar-refractivity contribution >= 4 is 13.3 Å². The Balaban J connectivity index is 2.64. The predicted octanol–water partition coefficient (Wildman–Crippen LogP) is 2.87. The van der Waals surface area contributed by atoms with Crippen LogP contribution in [-0.4, -0.2) is 25.3 Å². The third-order valence-electron chi connectivity index (χ3n) is 3.98. The van der Waals surface area contributed by atoms with Crippen molar-refractivity contribution in [2.45, 2.75) is 58.4 Å². The number of nitrogens with one attached hydrogen (secondary N) is 1. The molecular formula is C16H29NOSi. The van der Waals surface area contributed by atoms with Crippen LogP contribution < -0.4 is 10.5 Å². The van der Waals surface area contributed by atoms with Gasteiger partial charge in [-0.1, -0.05) is 56.0 Å². The molecule has 1 aromatic carbocycles. The van der Waals surface area contributed by atoms with E-state index < -0.39 is 8.07 Å². The normalized spacial score (nSPS) is 15.3. The molecular weight excluding hydrogens is 250 g/mol. The van der Waals surface area contributed by atoms with E-state index >= 15 is 0 Å². The molecule has 0 amide bonds. The molecule has 0 fully saturated rings. The van der Waals surface area contributed by atoms with Crippen LogP contribution in [0.4, 0.5) is 0 Å². The molecule has 0 radical (unpaired) electrons. The van der Waals surface area contributed by atoms with Gasteiger partial charge in [0.25, 0.3) is 0 Å². The highest BCUT2D eigenvalue weighted by atomic mass is 28.3. The lowest BCUT2D eigenvalue weighted by Crippen LogP contribution is -2.42. The van der Waals surface area contributed by atoms with E-state index in [4.69, 9.17) is 5.11 Å². The fourth-order valence-electron chi connectivity index (χ4n) is 2.07. The molecule has 19 heavy (non-hydrogen) atoms. The van der Waals surface area contributed by atoms with Crippen LogP contribution in [-0.2, 0) is 6.54 Å². The topological polar surface area (TPSA) is 32.3 Å². The average molecular weight is 279 g/mol. The standard InChI is InChI=1S/C16H29NOSi/c1-6-16(2,11-12-18)17-13-14-7-9-15(10-8-14)19(3,4)5/h7-10,17-18H,6,11-13H2,1-5H3. The van der Waals surface area contributed by atoms with Crippen molar-refractivity contribution < 1.29 is 5.11 Å². The molecule has 3 heteroatoms. The number of rotatable bonds is 7. The van der Waals surface area contributed by atoms with Gasteiger partial charge in [0.2, 0.25) is 0 Å². The van der Waals surface area contributed by atoms with Gasteiger partial charge in [-0.05, 0) is 25.3 Å². The number of aliphatic hydroxyl groups excluding tert-OH is 1. The van der Waals surface area contributed by atoms with E-state index in [1.54, 1.807) is 0 Å². The number of hydrogen-bond acceptors (Lipinski definition) is 2. The molecule has 0 saturated carbocycles. The van der Waals surface area contributed by atoms with Gasteiger partial charge in [-0.25, -0.2) is 0 Å². The monoisotopic (exact) mass is 279 g/mol. The molecule has 0 aliphatic heterocycles. The van der Waals surface area contributed by atoms with Crippen molar-refractivity contribution in [2.24, 2.45) is 0 Å². The highest BCUT2D eigenvalue weighted by molar-refractivity contribution is 6.88. The molecule has 2 N–H and O–H groups in total. The summed E-state index contributed by atoms with van der Waals surface area (Å²) in [6, 6.07) is 9.02. The molecule has 0 aliphatic rings. The molecule has 1 aromatic rings. The van der Waals surface area contributed by atoms with E-state index in [1.165, 1.54) is 10.8 Å². The molecule has 108 valence electrons. The van der Waals surface area contributed by atoms with Crippen LogP contribution in [0.15, 0.2) is 24.3 Å². The van der Waals surface area contributed by atoms with Gasteiger partial charge in [0.15, 0.2) is 0 Å².